The minimum atomic E-state index is 0.645. The van der Waals surface area contributed by atoms with Gasteiger partial charge in [-0.15, -0.1) is 0 Å². The van der Waals surface area contributed by atoms with Crippen LogP contribution < -0.4 is 4.90 Å². The summed E-state index contributed by atoms with van der Waals surface area (Å²) in [4.78, 5) is 12.8. The standard InChI is InChI=1S/C46H31N5/c1-4-15-30(16-5-1)37-28-38(31-17-6-2-7-18-31)48-46(47-37)51-41-25-13-12-24-40(41)50-44-29-43-35(27-36(44)34-22-14-26-42(51)45(34)50)33-21-10-11-23-39(33)49(43)32-19-8-3-9-20-32/h1-10,12-22,24-29H,11,23H2. The highest BCUT2D eigenvalue weighted by Gasteiger charge is 2.31. The first kappa shape index (κ1) is 28.2. The lowest BCUT2D eigenvalue weighted by Gasteiger charge is -2.31. The summed E-state index contributed by atoms with van der Waals surface area (Å²) < 4.78 is 4.94. The first-order chi connectivity index (χ1) is 25.3. The number of allylic oxidation sites excluding steroid dienone is 1. The zero-order valence-corrected chi connectivity index (χ0v) is 27.7. The van der Waals surface area contributed by atoms with E-state index < -0.39 is 0 Å². The number of para-hydroxylation sites is 4. The minimum absolute atomic E-state index is 0.645. The third-order valence-corrected chi connectivity index (χ3v) is 10.5. The van der Waals surface area contributed by atoms with Gasteiger partial charge in [-0.1, -0.05) is 115 Å². The van der Waals surface area contributed by atoms with Gasteiger partial charge in [0.25, 0.3) is 0 Å². The smallest absolute Gasteiger partial charge is 0.235 e. The van der Waals surface area contributed by atoms with Crippen LogP contribution >= 0.6 is 0 Å². The number of rotatable bonds is 4. The highest BCUT2D eigenvalue weighted by molar-refractivity contribution is 6.19. The molecule has 1 aliphatic carbocycles. The summed E-state index contributed by atoms with van der Waals surface area (Å²) in [5.41, 5.74) is 14.6. The molecule has 3 aromatic heterocycles. The van der Waals surface area contributed by atoms with E-state index in [-0.39, 0.29) is 0 Å². The number of fused-ring (bicyclic) bond motifs is 8. The second-order valence-electron chi connectivity index (χ2n) is 13.4. The van der Waals surface area contributed by atoms with Crippen LogP contribution in [-0.2, 0) is 6.42 Å². The molecule has 0 bridgehead atoms. The van der Waals surface area contributed by atoms with Crippen LogP contribution in [0.5, 0.6) is 0 Å². The Kier molecular flexibility index (Phi) is 6.01. The van der Waals surface area contributed by atoms with Gasteiger partial charge < -0.3 is 9.13 Å². The van der Waals surface area contributed by atoms with E-state index in [2.05, 4.69) is 166 Å². The summed E-state index contributed by atoms with van der Waals surface area (Å²) >= 11 is 0. The molecule has 1 aliphatic heterocycles. The molecule has 0 fully saturated rings. The fraction of sp³-hybridized carbons (Fsp3) is 0.0435. The average Bonchev–Trinajstić information content (AvgIpc) is 3.71. The molecule has 0 N–H and O–H groups in total. The van der Waals surface area contributed by atoms with Crippen molar-refractivity contribution in [2.24, 2.45) is 0 Å². The van der Waals surface area contributed by atoms with Gasteiger partial charge in [0.1, 0.15) is 0 Å². The Morgan fingerprint density at radius 3 is 1.84 bits per heavy atom. The van der Waals surface area contributed by atoms with Gasteiger partial charge >= 0.3 is 0 Å². The molecule has 9 aromatic rings. The molecule has 5 heteroatoms. The van der Waals surface area contributed by atoms with Crippen molar-refractivity contribution in [2.45, 2.75) is 12.8 Å². The number of nitrogens with zero attached hydrogens (tertiary/aromatic N) is 5. The molecule has 0 spiro atoms. The monoisotopic (exact) mass is 653 g/mol. The van der Waals surface area contributed by atoms with E-state index in [4.69, 9.17) is 9.97 Å². The number of benzene rings is 6. The first-order valence-electron chi connectivity index (χ1n) is 17.6. The Morgan fingerprint density at radius 1 is 0.490 bits per heavy atom. The molecule has 2 aliphatic rings. The maximum absolute atomic E-state index is 5.29. The van der Waals surface area contributed by atoms with Crippen molar-refractivity contribution in [3.8, 4) is 33.9 Å². The van der Waals surface area contributed by atoms with Crippen LogP contribution in [-0.4, -0.2) is 19.1 Å². The maximum atomic E-state index is 5.29. The summed E-state index contributed by atoms with van der Waals surface area (Å²) in [6.45, 7) is 0. The third-order valence-electron chi connectivity index (χ3n) is 10.5. The Bertz CT molecular complexity index is 2790. The lowest BCUT2D eigenvalue weighted by molar-refractivity contribution is 0.888. The van der Waals surface area contributed by atoms with Crippen LogP contribution in [0.25, 0.3) is 72.7 Å². The van der Waals surface area contributed by atoms with Crippen molar-refractivity contribution in [3.05, 3.63) is 169 Å². The lowest BCUT2D eigenvalue weighted by atomic mass is 10.0. The summed E-state index contributed by atoms with van der Waals surface area (Å²) in [7, 11) is 0. The Labute approximate surface area is 295 Å². The van der Waals surface area contributed by atoms with E-state index >= 15 is 0 Å². The van der Waals surface area contributed by atoms with Crippen LogP contribution in [0.4, 0.5) is 17.3 Å². The van der Waals surface area contributed by atoms with Crippen molar-refractivity contribution in [1.82, 2.24) is 19.1 Å². The fourth-order valence-electron chi connectivity index (χ4n) is 8.30. The minimum Gasteiger partial charge on any atom is -0.313 e. The molecule has 51 heavy (non-hydrogen) atoms. The number of hydrogen-bond donors (Lipinski definition) is 0. The molecule has 4 heterocycles. The molecular formula is C46H31N5. The van der Waals surface area contributed by atoms with Crippen molar-refractivity contribution >= 4 is 56.1 Å². The predicted octanol–water partition coefficient (Wildman–Crippen LogP) is 11.6. The molecule has 0 atom stereocenters. The SMILES string of the molecule is C1=Cc2c(n(-c3ccccc3)c3cc4c(cc23)c2cccc3c2n4-c2ccccc2N3c2nc(-c3ccccc3)cc(-c3ccccc3)n2)CC1. The highest BCUT2D eigenvalue weighted by Crippen LogP contribution is 2.50. The summed E-state index contributed by atoms with van der Waals surface area (Å²) in [5.74, 6) is 0.645. The molecule has 11 rings (SSSR count). The summed E-state index contributed by atoms with van der Waals surface area (Å²) in [5, 5.41) is 3.75. The maximum Gasteiger partial charge on any atom is 0.235 e. The highest BCUT2D eigenvalue weighted by atomic mass is 15.3. The van der Waals surface area contributed by atoms with Gasteiger partial charge in [-0.05, 0) is 61.4 Å². The van der Waals surface area contributed by atoms with E-state index in [1.54, 1.807) is 0 Å². The van der Waals surface area contributed by atoms with Crippen molar-refractivity contribution < 1.29 is 0 Å². The molecule has 0 unspecified atom stereocenters. The quantitative estimate of drug-likeness (QED) is 0.190. The van der Waals surface area contributed by atoms with Crippen molar-refractivity contribution in [1.29, 1.82) is 0 Å². The topological polar surface area (TPSA) is 38.9 Å². The number of anilines is 3. The Hall–Kier alpha value is -6.72. The second-order valence-corrected chi connectivity index (χ2v) is 13.4. The predicted molar refractivity (Wildman–Crippen MR) is 210 cm³/mol. The van der Waals surface area contributed by atoms with Crippen LogP contribution in [0.3, 0.4) is 0 Å². The van der Waals surface area contributed by atoms with Gasteiger partial charge in [0, 0.05) is 44.2 Å². The lowest BCUT2D eigenvalue weighted by Crippen LogP contribution is -2.20. The third kappa shape index (κ3) is 4.15. The van der Waals surface area contributed by atoms with E-state index in [0.29, 0.717) is 5.95 Å². The number of hydrogen-bond acceptors (Lipinski definition) is 3. The van der Waals surface area contributed by atoms with Gasteiger partial charge in [-0.25, -0.2) is 9.97 Å². The zero-order chi connectivity index (χ0) is 33.5. The van der Waals surface area contributed by atoms with Gasteiger partial charge in [0.15, 0.2) is 0 Å². The van der Waals surface area contributed by atoms with Gasteiger partial charge in [0.2, 0.25) is 5.95 Å². The van der Waals surface area contributed by atoms with Gasteiger partial charge in [-0.3, -0.25) is 4.90 Å². The molecule has 0 radical (unpaired) electrons. The van der Waals surface area contributed by atoms with E-state index in [1.807, 2.05) is 12.1 Å². The largest absolute Gasteiger partial charge is 0.313 e. The normalized spacial score (nSPS) is 13.2. The fourth-order valence-corrected chi connectivity index (χ4v) is 8.30. The first-order valence-corrected chi connectivity index (χ1v) is 17.6. The van der Waals surface area contributed by atoms with Crippen molar-refractivity contribution in [2.75, 3.05) is 4.90 Å². The van der Waals surface area contributed by atoms with E-state index in [9.17, 15) is 0 Å². The average molecular weight is 654 g/mol. The molecule has 0 saturated carbocycles. The Morgan fingerprint density at radius 2 is 1.12 bits per heavy atom. The second kappa shape index (κ2) is 10.9. The Balaban J connectivity index is 1.22. The molecular weight excluding hydrogens is 623 g/mol. The molecule has 6 aromatic carbocycles. The zero-order valence-electron chi connectivity index (χ0n) is 27.7. The molecule has 0 amide bonds. The van der Waals surface area contributed by atoms with E-state index in [1.165, 1.54) is 44.1 Å². The van der Waals surface area contributed by atoms with Gasteiger partial charge in [-0.2, -0.15) is 0 Å². The molecule has 0 saturated heterocycles. The van der Waals surface area contributed by atoms with E-state index in [0.717, 1.165) is 57.9 Å². The number of aromatic nitrogens is 4. The van der Waals surface area contributed by atoms with Crippen LogP contribution in [0, 0.1) is 0 Å². The van der Waals surface area contributed by atoms with Crippen LogP contribution in [0.15, 0.2) is 158 Å². The summed E-state index contributed by atoms with van der Waals surface area (Å²) in [6, 6.07) is 53.9. The molecule has 5 nitrogen and oxygen atoms in total. The van der Waals surface area contributed by atoms with Gasteiger partial charge in [0.05, 0.1) is 45.0 Å². The van der Waals surface area contributed by atoms with Crippen molar-refractivity contribution in [3.63, 3.8) is 0 Å². The van der Waals surface area contributed by atoms with Crippen LogP contribution in [0.1, 0.15) is 17.7 Å². The molecule has 240 valence electrons. The summed E-state index contributed by atoms with van der Waals surface area (Å²) in [6.07, 6.45) is 6.72. The van der Waals surface area contributed by atoms with Crippen LogP contribution in [0.2, 0.25) is 0 Å².